The average Bonchev–Trinajstić information content (AvgIpc) is 3.25. The monoisotopic (exact) mass is 404 g/mol. The highest BCUT2D eigenvalue weighted by molar-refractivity contribution is 5.97. The molecule has 0 bridgehead atoms. The van der Waals surface area contributed by atoms with Gasteiger partial charge in [0.25, 0.3) is 5.91 Å². The van der Waals surface area contributed by atoms with Gasteiger partial charge in [0.1, 0.15) is 23.0 Å². The molecule has 0 saturated carbocycles. The molecule has 2 heterocycles. The number of aromatic amines is 1. The van der Waals surface area contributed by atoms with Crippen LogP contribution in [0.3, 0.4) is 0 Å². The molecule has 1 aromatic heterocycles. The summed E-state index contributed by atoms with van der Waals surface area (Å²) in [4.78, 5) is 22.6. The number of hydrogen-bond acceptors (Lipinski definition) is 4. The number of carbonyl (C=O) groups excluding carboxylic acids is 1. The maximum atomic E-state index is 12.1. The van der Waals surface area contributed by atoms with Gasteiger partial charge in [0.2, 0.25) is 0 Å². The molecule has 1 fully saturated rings. The summed E-state index contributed by atoms with van der Waals surface area (Å²) in [5, 5.41) is 0. The number of benzene rings is 2. The van der Waals surface area contributed by atoms with E-state index in [0.29, 0.717) is 11.4 Å². The molecule has 1 saturated heterocycles. The number of imidazole rings is 1. The number of piperidine rings is 1. The Hall–Kier alpha value is -3.12. The predicted molar refractivity (Wildman–Crippen MR) is 118 cm³/mol. The fourth-order valence-electron chi connectivity index (χ4n) is 4.13. The summed E-state index contributed by atoms with van der Waals surface area (Å²) in [7, 11) is 1.63. The van der Waals surface area contributed by atoms with Gasteiger partial charge in [-0.25, -0.2) is 4.98 Å². The van der Waals surface area contributed by atoms with E-state index in [2.05, 4.69) is 34.1 Å². The molecule has 2 aromatic carbocycles. The Morgan fingerprint density at radius 1 is 1.20 bits per heavy atom. The molecule has 1 atom stereocenters. The van der Waals surface area contributed by atoms with Crippen molar-refractivity contribution in [2.24, 2.45) is 5.73 Å². The van der Waals surface area contributed by atoms with Crippen molar-refractivity contribution in [2.75, 3.05) is 26.7 Å². The number of carbonyl (C=O) groups is 1. The summed E-state index contributed by atoms with van der Waals surface area (Å²) in [6, 6.07) is 18.1. The summed E-state index contributed by atoms with van der Waals surface area (Å²) in [6.07, 6.45) is 3.20. The van der Waals surface area contributed by atoms with Crippen LogP contribution in [-0.2, 0) is 6.42 Å². The summed E-state index contributed by atoms with van der Waals surface area (Å²) >= 11 is 0. The van der Waals surface area contributed by atoms with Crippen LogP contribution in [0.1, 0.15) is 40.6 Å². The Labute approximate surface area is 177 Å². The first-order chi connectivity index (χ1) is 14.6. The normalized spacial score (nSPS) is 17.0. The number of nitrogens with one attached hydrogen (secondary N) is 1. The molecule has 1 aliphatic rings. The van der Waals surface area contributed by atoms with Gasteiger partial charge in [-0.3, -0.25) is 4.79 Å². The third-order valence-corrected chi connectivity index (χ3v) is 5.78. The van der Waals surface area contributed by atoms with Gasteiger partial charge >= 0.3 is 0 Å². The highest BCUT2D eigenvalue weighted by atomic mass is 16.5. The quantitative estimate of drug-likeness (QED) is 0.630. The van der Waals surface area contributed by atoms with Gasteiger partial charge in [-0.15, -0.1) is 0 Å². The maximum absolute atomic E-state index is 12.1. The molecule has 3 N–H and O–H groups in total. The second-order valence-corrected chi connectivity index (χ2v) is 7.81. The first-order valence-electron chi connectivity index (χ1n) is 10.4. The molecule has 0 radical (unpaired) electrons. The molecule has 0 aliphatic carbocycles. The van der Waals surface area contributed by atoms with Crippen LogP contribution in [0.2, 0.25) is 0 Å². The number of amides is 1. The van der Waals surface area contributed by atoms with E-state index >= 15 is 0 Å². The lowest BCUT2D eigenvalue weighted by Gasteiger charge is -2.31. The highest BCUT2D eigenvalue weighted by Crippen LogP contribution is 2.30. The molecule has 3 aromatic rings. The first-order valence-corrected chi connectivity index (χ1v) is 10.4. The molecule has 1 amide bonds. The second-order valence-electron chi connectivity index (χ2n) is 7.81. The lowest BCUT2D eigenvalue weighted by Crippen LogP contribution is -2.36. The number of H-pyrrole nitrogens is 1. The van der Waals surface area contributed by atoms with E-state index in [1.165, 1.54) is 5.56 Å². The number of rotatable bonds is 7. The molecule has 0 unspecified atom stereocenters. The minimum Gasteiger partial charge on any atom is -0.497 e. The van der Waals surface area contributed by atoms with Crippen LogP contribution in [0.25, 0.3) is 11.3 Å². The van der Waals surface area contributed by atoms with E-state index in [0.717, 1.165) is 56.0 Å². The minimum absolute atomic E-state index is 0.264. The Kier molecular flexibility index (Phi) is 6.14. The zero-order valence-electron chi connectivity index (χ0n) is 17.3. The van der Waals surface area contributed by atoms with E-state index in [1.54, 1.807) is 7.11 Å². The van der Waals surface area contributed by atoms with Crippen LogP contribution in [0.4, 0.5) is 0 Å². The fraction of sp³-hybridized carbons (Fsp3) is 0.333. The van der Waals surface area contributed by atoms with Crippen molar-refractivity contribution >= 4 is 5.91 Å². The first kappa shape index (κ1) is 20.2. The molecular formula is C24H28N4O2. The van der Waals surface area contributed by atoms with E-state index in [1.807, 2.05) is 30.3 Å². The Bertz CT molecular complexity index is 982. The van der Waals surface area contributed by atoms with Gasteiger partial charge in [0.15, 0.2) is 0 Å². The number of ether oxygens (including phenoxy) is 1. The van der Waals surface area contributed by atoms with Gasteiger partial charge in [0, 0.05) is 24.6 Å². The van der Waals surface area contributed by atoms with Gasteiger partial charge in [-0.1, -0.05) is 30.3 Å². The molecule has 0 spiro atoms. The molecule has 30 heavy (non-hydrogen) atoms. The van der Waals surface area contributed by atoms with Crippen molar-refractivity contribution in [3.8, 4) is 17.0 Å². The Balaban J connectivity index is 1.50. The number of hydrogen-bond donors (Lipinski definition) is 2. The molecule has 156 valence electrons. The summed E-state index contributed by atoms with van der Waals surface area (Å²) in [5.41, 5.74) is 8.84. The number of methoxy groups -OCH3 is 1. The Morgan fingerprint density at radius 2 is 1.97 bits per heavy atom. The van der Waals surface area contributed by atoms with Gasteiger partial charge in [-0.05, 0) is 55.6 Å². The second kappa shape index (κ2) is 9.13. The predicted octanol–water partition coefficient (Wildman–Crippen LogP) is 3.61. The van der Waals surface area contributed by atoms with Gasteiger partial charge in [0.05, 0.1) is 7.11 Å². The van der Waals surface area contributed by atoms with Crippen LogP contribution in [0, 0.1) is 0 Å². The highest BCUT2D eigenvalue weighted by Gasteiger charge is 2.26. The molecule has 6 heteroatoms. The Morgan fingerprint density at radius 3 is 2.67 bits per heavy atom. The zero-order valence-corrected chi connectivity index (χ0v) is 17.3. The molecule has 4 rings (SSSR count). The summed E-state index contributed by atoms with van der Waals surface area (Å²) in [6.45, 7) is 3.05. The number of nitrogens with two attached hydrogens (primary N) is 1. The maximum Gasteiger partial charge on any atom is 0.267 e. The van der Waals surface area contributed by atoms with Crippen molar-refractivity contribution in [3.63, 3.8) is 0 Å². The van der Waals surface area contributed by atoms with Crippen molar-refractivity contribution < 1.29 is 9.53 Å². The third-order valence-electron chi connectivity index (χ3n) is 5.78. The van der Waals surface area contributed by atoms with Crippen LogP contribution >= 0.6 is 0 Å². The lowest BCUT2D eigenvalue weighted by molar-refractivity contribution is 0.0996. The zero-order chi connectivity index (χ0) is 20.9. The van der Waals surface area contributed by atoms with Gasteiger partial charge < -0.3 is 20.4 Å². The van der Waals surface area contributed by atoms with E-state index in [9.17, 15) is 4.79 Å². The number of aromatic nitrogens is 2. The third kappa shape index (κ3) is 4.54. The average molecular weight is 405 g/mol. The number of likely N-dealkylation sites (tertiary alicyclic amines) is 1. The molecule has 1 aliphatic heterocycles. The molecular weight excluding hydrogens is 376 g/mol. The van der Waals surface area contributed by atoms with Gasteiger partial charge in [-0.2, -0.15) is 0 Å². The summed E-state index contributed by atoms with van der Waals surface area (Å²) in [5.74, 6) is 1.38. The van der Waals surface area contributed by atoms with E-state index in [-0.39, 0.29) is 5.92 Å². The van der Waals surface area contributed by atoms with Crippen LogP contribution in [-0.4, -0.2) is 47.5 Å². The lowest BCUT2D eigenvalue weighted by atomic mass is 9.97. The van der Waals surface area contributed by atoms with E-state index < -0.39 is 5.91 Å². The van der Waals surface area contributed by atoms with Crippen LogP contribution in [0.5, 0.6) is 5.75 Å². The molecule has 6 nitrogen and oxygen atoms in total. The topological polar surface area (TPSA) is 84.2 Å². The largest absolute Gasteiger partial charge is 0.497 e. The smallest absolute Gasteiger partial charge is 0.267 e. The van der Waals surface area contributed by atoms with Crippen molar-refractivity contribution in [1.82, 2.24) is 14.9 Å². The number of nitrogens with zero attached hydrogens (tertiary/aromatic N) is 2. The fourth-order valence-corrected chi connectivity index (χ4v) is 4.13. The van der Waals surface area contributed by atoms with E-state index in [4.69, 9.17) is 15.5 Å². The standard InChI is InChI=1S/C24H28N4O2/c1-30-20-11-9-18(10-12-20)21-22(23(25)29)27-24(26-21)19-8-5-14-28(16-19)15-13-17-6-3-2-4-7-17/h2-4,6-7,9-12,19H,5,8,13-16H2,1H3,(H2,25,29)(H,26,27)/t19-/m1/s1. The van der Waals surface area contributed by atoms with Crippen molar-refractivity contribution in [2.45, 2.75) is 25.2 Å². The van der Waals surface area contributed by atoms with Crippen molar-refractivity contribution in [3.05, 3.63) is 71.7 Å². The van der Waals surface area contributed by atoms with Crippen molar-refractivity contribution in [1.29, 1.82) is 0 Å². The minimum atomic E-state index is -0.490. The SMILES string of the molecule is COc1ccc(-c2nc([C@@H]3CCCN(CCc4ccccc4)C3)[nH]c2C(N)=O)cc1. The van der Waals surface area contributed by atoms with Crippen LogP contribution < -0.4 is 10.5 Å². The number of primary amides is 1. The summed E-state index contributed by atoms with van der Waals surface area (Å²) < 4.78 is 5.22. The van der Waals surface area contributed by atoms with Crippen LogP contribution in [0.15, 0.2) is 54.6 Å².